The molecule has 0 spiro atoms. The van der Waals surface area contributed by atoms with Gasteiger partial charge >= 0.3 is 0 Å². The van der Waals surface area contributed by atoms with E-state index < -0.39 is 0 Å². The third kappa shape index (κ3) is 4.24. The molecule has 4 nitrogen and oxygen atoms in total. The predicted octanol–water partition coefficient (Wildman–Crippen LogP) is 4.94. The molecule has 0 bridgehead atoms. The van der Waals surface area contributed by atoms with Crippen molar-refractivity contribution in [1.82, 2.24) is 4.98 Å². The number of methoxy groups -OCH3 is 1. The van der Waals surface area contributed by atoms with Gasteiger partial charge in [-0.25, -0.2) is 4.98 Å². The molecule has 0 atom stereocenters. The highest BCUT2D eigenvalue weighted by Crippen LogP contribution is 2.30. The molecule has 128 valence electrons. The van der Waals surface area contributed by atoms with E-state index in [0.717, 1.165) is 21.4 Å². The van der Waals surface area contributed by atoms with Crippen LogP contribution in [0.1, 0.15) is 5.56 Å². The number of anilines is 1. The minimum atomic E-state index is -0.108. The summed E-state index contributed by atoms with van der Waals surface area (Å²) in [5.74, 6) is 0.790. The first-order valence-corrected chi connectivity index (χ1v) is 9.06. The lowest BCUT2D eigenvalue weighted by atomic mass is 10.1. The topological polar surface area (TPSA) is 51.2 Å². The molecule has 1 heterocycles. The highest BCUT2D eigenvalue weighted by molar-refractivity contribution is 8.00. The molecular weight excluding hydrogens is 356 g/mol. The van der Waals surface area contributed by atoms with Crippen LogP contribution in [0.25, 0.3) is 10.9 Å². The van der Waals surface area contributed by atoms with Crippen LogP contribution in [0.3, 0.4) is 0 Å². The van der Waals surface area contributed by atoms with Crippen molar-refractivity contribution in [2.24, 2.45) is 0 Å². The van der Waals surface area contributed by atoms with Gasteiger partial charge in [-0.15, -0.1) is 11.8 Å². The molecule has 3 rings (SSSR count). The highest BCUT2D eigenvalue weighted by atomic mass is 35.5. The van der Waals surface area contributed by atoms with Crippen LogP contribution in [0.5, 0.6) is 5.75 Å². The Kier molecular flexibility index (Phi) is 5.46. The number of hydrogen-bond donors (Lipinski definition) is 1. The first kappa shape index (κ1) is 17.6. The van der Waals surface area contributed by atoms with Gasteiger partial charge in [0.15, 0.2) is 0 Å². The second-order valence-electron chi connectivity index (χ2n) is 5.50. The second-order valence-corrected chi connectivity index (χ2v) is 6.91. The van der Waals surface area contributed by atoms with Gasteiger partial charge in [0, 0.05) is 10.3 Å². The van der Waals surface area contributed by atoms with Gasteiger partial charge in [0.05, 0.1) is 24.1 Å². The van der Waals surface area contributed by atoms with Crippen molar-refractivity contribution in [2.75, 3.05) is 18.2 Å². The standard InChI is InChI=1S/C19H17ClN2O2S/c1-12-7-8-14-13(9-12)17(10-18(20)21-14)25-11-19(23)22-15-5-3-4-6-16(15)24-2/h3-10H,11H2,1-2H3,(H,22,23). The molecule has 0 radical (unpaired) electrons. The van der Waals surface area contributed by atoms with E-state index in [1.807, 2.05) is 43.3 Å². The van der Waals surface area contributed by atoms with Gasteiger partial charge in [-0.3, -0.25) is 4.79 Å². The van der Waals surface area contributed by atoms with Crippen molar-refractivity contribution < 1.29 is 9.53 Å². The van der Waals surface area contributed by atoms with E-state index in [4.69, 9.17) is 16.3 Å². The summed E-state index contributed by atoms with van der Waals surface area (Å²) in [4.78, 5) is 17.6. The molecule has 3 aromatic rings. The van der Waals surface area contributed by atoms with Gasteiger partial charge in [0.1, 0.15) is 10.9 Å². The Morgan fingerprint density at radius 2 is 2.04 bits per heavy atom. The number of thioether (sulfide) groups is 1. The lowest BCUT2D eigenvalue weighted by Crippen LogP contribution is -2.14. The fraction of sp³-hybridized carbons (Fsp3) is 0.158. The van der Waals surface area contributed by atoms with Crippen LogP contribution in [0, 0.1) is 6.92 Å². The Morgan fingerprint density at radius 3 is 2.84 bits per heavy atom. The number of nitrogens with zero attached hydrogens (tertiary/aromatic N) is 1. The van der Waals surface area contributed by atoms with Crippen LogP contribution in [-0.4, -0.2) is 23.8 Å². The zero-order valence-corrected chi connectivity index (χ0v) is 15.4. The first-order valence-electron chi connectivity index (χ1n) is 7.69. The molecule has 25 heavy (non-hydrogen) atoms. The van der Waals surface area contributed by atoms with Crippen molar-refractivity contribution in [3.05, 3.63) is 59.2 Å². The number of carbonyl (C=O) groups is 1. The maximum atomic E-state index is 12.3. The zero-order valence-electron chi connectivity index (χ0n) is 13.9. The largest absolute Gasteiger partial charge is 0.495 e. The Labute approximate surface area is 155 Å². The van der Waals surface area contributed by atoms with Gasteiger partial charge < -0.3 is 10.1 Å². The molecule has 0 fully saturated rings. The molecule has 0 saturated heterocycles. The number of para-hydroxylation sites is 2. The number of carbonyl (C=O) groups excluding carboxylic acids is 1. The molecule has 6 heteroatoms. The zero-order chi connectivity index (χ0) is 17.8. The number of rotatable bonds is 5. The lowest BCUT2D eigenvalue weighted by Gasteiger charge is -2.10. The van der Waals surface area contributed by atoms with E-state index in [2.05, 4.69) is 16.4 Å². The van der Waals surface area contributed by atoms with Gasteiger partial charge in [0.25, 0.3) is 0 Å². The molecule has 1 N–H and O–H groups in total. The van der Waals surface area contributed by atoms with Crippen molar-refractivity contribution >= 4 is 45.9 Å². The third-order valence-electron chi connectivity index (χ3n) is 3.63. The molecule has 0 aliphatic rings. The summed E-state index contributed by atoms with van der Waals surface area (Å²) in [6.07, 6.45) is 0. The van der Waals surface area contributed by atoms with Crippen LogP contribution in [0.15, 0.2) is 53.4 Å². The van der Waals surface area contributed by atoms with Crippen LogP contribution in [0.4, 0.5) is 5.69 Å². The summed E-state index contributed by atoms with van der Waals surface area (Å²) in [6, 6.07) is 15.1. The fourth-order valence-electron chi connectivity index (χ4n) is 2.47. The molecule has 1 aromatic heterocycles. The van der Waals surface area contributed by atoms with Crippen molar-refractivity contribution in [2.45, 2.75) is 11.8 Å². The quantitative estimate of drug-likeness (QED) is 0.509. The Bertz CT molecular complexity index is 930. The molecule has 0 aliphatic heterocycles. The fourth-order valence-corrected chi connectivity index (χ4v) is 3.61. The molecule has 2 aromatic carbocycles. The predicted molar refractivity (Wildman–Crippen MR) is 104 cm³/mol. The Morgan fingerprint density at radius 1 is 1.24 bits per heavy atom. The lowest BCUT2D eigenvalue weighted by molar-refractivity contribution is -0.113. The Balaban J connectivity index is 1.76. The van der Waals surface area contributed by atoms with E-state index in [-0.39, 0.29) is 11.7 Å². The first-order chi connectivity index (χ1) is 12.1. The molecule has 0 unspecified atom stereocenters. The van der Waals surface area contributed by atoms with Crippen LogP contribution >= 0.6 is 23.4 Å². The van der Waals surface area contributed by atoms with E-state index in [0.29, 0.717) is 16.6 Å². The number of aromatic nitrogens is 1. The number of aryl methyl sites for hydroxylation is 1. The number of amides is 1. The smallest absolute Gasteiger partial charge is 0.234 e. The third-order valence-corrected chi connectivity index (χ3v) is 4.88. The van der Waals surface area contributed by atoms with E-state index in [9.17, 15) is 4.79 Å². The highest BCUT2D eigenvalue weighted by Gasteiger charge is 2.11. The Hall–Kier alpha value is -2.24. The van der Waals surface area contributed by atoms with E-state index >= 15 is 0 Å². The van der Waals surface area contributed by atoms with Gasteiger partial charge in [0.2, 0.25) is 5.91 Å². The number of halogens is 1. The number of pyridine rings is 1. The number of fused-ring (bicyclic) bond motifs is 1. The van der Waals surface area contributed by atoms with Crippen LogP contribution in [0.2, 0.25) is 5.15 Å². The monoisotopic (exact) mass is 372 g/mol. The minimum Gasteiger partial charge on any atom is -0.495 e. The van der Waals surface area contributed by atoms with E-state index in [1.165, 1.54) is 11.8 Å². The summed E-state index contributed by atoms with van der Waals surface area (Å²) in [5, 5.41) is 4.29. The number of nitrogens with one attached hydrogen (secondary N) is 1. The molecule has 0 aliphatic carbocycles. The van der Waals surface area contributed by atoms with Crippen LogP contribution < -0.4 is 10.1 Å². The summed E-state index contributed by atoms with van der Waals surface area (Å²) < 4.78 is 5.25. The maximum absolute atomic E-state index is 12.3. The average Bonchev–Trinajstić information content (AvgIpc) is 2.60. The summed E-state index contributed by atoms with van der Waals surface area (Å²) in [5.41, 5.74) is 2.62. The maximum Gasteiger partial charge on any atom is 0.234 e. The average molecular weight is 373 g/mol. The van der Waals surface area contributed by atoms with Crippen LogP contribution in [-0.2, 0) is 4.79 Å². The minimum absolute atomic E-state index is 0.108. The van der Waals surface area contributed by atoms with Gasteiger partial charge in [-0.2, -0.15) is 0 Å². The number of benzene rings is 2. The van der Waals surface area contributed by atoms with E-state index in [1.54, 1.807) is 13.2 Å². The van der Waals surface area contributed by atoms with Gasteiger partial charge in [-0.1, -0.05) is 35.4 Å². The number of hydrogen-bond acceptors (Lipinski definition) is 4. The molecule has 0 saturated carbocycles. The van der Waals surface area contributed by atoms with Gasteiger partial charge in [-0.05, 0) is 37.3 Å². The number of ether oxygens (including phenoxy) is 1. The molecule has 1 amide bonds. The second kappa shape index (κ2) is 7.76. The SMILES string of the molecule is COc1ccccc1NC(=O)CSc1cc(Cl)nc2ccc(C)cc12. The summed E-state index contributed by atoms with van der Waals surface area (Å²) >= 11 is 7.54. The normalized spacial score (nSPS) is 10.7. The van der Waals surface area contributed by atoms with Crippen molar-refractivity contribution in [1.29, 1.82) is 0 Å². The summed E-state index contributed by atoms with van der Waals surface area (Å²) in [7, 11) is 1.58. The molecular formula is C19H17ClN2O2S. The van der Waals surface area contributed by atoms with Crippen molar-refractivity contribution in [3.8, 4) is 5.75 Å². The van der Waals surface area contributed by atoms with Crippen molar-refractivity contribution in [3.63, 3.8) is 0 Å². The summed E-state index contributed by atoms with van der Waals surface area (Å²) in [6.45, 7) is 2.02.